The van der Waals surface area contributed by atoms with Crippen LogP contribution in [0.3, 0.4) is 0 Å². The summed E-state index contributed by atoms with van der Waals surface area (Å²) in [5.74, 6) is 1.53. The first-order chi connectivity index (χ1) is 11.7. The molecule has 0 bridgehead atoms. The largest absolute Gasteiger partial charge is 0.496 e. The summed E-state index contributed by atoms with van der Waals surface area (Å²) in [4.78, 5) is 6.73. The Hall–Kier alpha value is -2.14. The second-order valence-corrected chi connectivity index (χ2v) is 6.22. The summed E-state index contributed by atoms with van der Waals surface area (Å²) < 4.78 is 18.9. The summed E-state index contributed by atoms with van der Waals surface area (Å²) in [6.07, 6.45) is 3.91. The Labute approximate surface area is 142 Å². The molecule has 1 aromatic carbocycles. The molecule has 1 aromatic heterocycles. The van der Waals surface area contributed by atoms with Gasteiger partial charge in [0.1, 0.15) is 17.4 Å². The van der Waals surface area contributed by atoms with Gasteiger partial charge in [0, 0.05) is 36.9 Å². The highest BCUT2D eigenvalue weighted by Gasteiger charge is 2.22. The molecule has 2 heterocycles. The van der Waals surface area contributed by atoms with E-state index in [2.05, 4.69) is 22.1 Å². The zero-order valence-corrected chi connectivity index (χ0v) is 14.2. The van der Waals surface area contributed by atoms with Gasteiger partial charge in [0.15, 0.2) is 0 Å². The van der Waals surface area contributed by atoms with Crippen molar-refractivity contribution in [1.29, 1.82) is 0 Å². The molecule has 1 fully saturated rings. The third kappa shape index (κ3) is 3.85. The molecule has 3 rings (SSSR count). The van der Waals surface area contributed by atoms with Crippen LogP contribution in [0.4, 0.5) is 10.2 Å². The second kappa shape index (κ2) is 7.62. The predicted octanol–water partition coefficient (Wildman–Crippen LogP) is 3.55. The summed E-state index contributed by atoms with van der Waals surface area (Å²) in [5.41, 5.74) is 0.865. The topological polar surface area (TPSA) is 37.4 Å². The maximum Gasteiger partial charge on any atom is 0.128 e. The van der Waals surface area contributed by atoms with Gasteiger partial charge in [-0.25, -0.2) is 9.37 Å². The molecule has 4 nitrogen and oxygen atoms in total. The first kappa shape index (κ1) is 16.7. The van der Waals surface area contributed by atoms with E-state index < -0.39 is 0 Å². The molecule has 1 aliphatic rings. The number of piperidine rings is 1. The third-order valence-electron chi connectivity index (χ3n) is 4.61. The van der Waals surface area contributed by atoms with Crippen molar-refractivity contribution in [1.82, 2.24) is 10.3 Å². The van der Waals surface area contributed by atoms with Gasteiger partial charge in [0.05, 0.1) is 7.11 Å². The van der Waals surface area contributed by atoms with Crippen molar-refractivity contribution < 1.29 is 9.13 Å². The fraction of sp³-hybridized carbons (Fsp3) is 0.421. The lowest BCUT2D eigenvalue weighted by molar-refractivity contribution is 0.363. The van der Waals surface area contributed by atoms with Crippen molar-refractivity contribution in [2.45, 2.75) is 31.8 Å². The second-order valence-electron chi connectivity index (χ2n) is 6.22. The number of hydrogen-bond donors (Lipinski definition) is 1. The number of nitrogens with one attached hydrogen (secondary N) is 1. The van der Waals surface area contributed by atoms with Crippen LogP contribution >= 0.6 is 0 Å². The molecule has 24 heavy (non-hydrogen) atoms. The maximum absolute atomic E-state index is 13.6. The van der Waals surface area contributed by atoms with Gasteiger partial charge < -0.3 is 15.0 Å². The number of methoxy groups -OCH3 is 1. The Morgan fingerprint density at radius 1 is 1.25 bits per heavy atom. The van der Waals surface area contributed by atoms with Gasteiger partial charge in [-0.1, -0.05) is 6.07 Å². The van der Waals surface area contributed by atoms with Crippen LogP contribution in [0.5, 0.6) is 5.75 Å². The van der Waals surface area contributed by atoms with E-state index in [-0.39, 0.29) is 11.9 Å². The van der Waals surface area contributed by atoms with Gasteiger partial charge in [0.25, 0.3) is 0 Å². The molecular weight excluding hydrogens is 305 g/mol. The monoisotopic (exact) mass is 329 g/mol. The molecule has 0 spiro atoms. The molecule has 0 aliphatic carbocycles. The average Bonchev–Trinajstić information content (AvgIpc) is 2.63. The molecule has 1 aliphatic heterocycles. The number of halogens is 1. The Morgan fingerprint density at radius 2 is 2.04 bits per heavy atom. The number of ether oxygens (including phenoxy) is 1. The van der Waals surface area contributed by atoms with Crippen molar-refractivity contribution in [2.75, 3.05) is 25.1 Å². The predicted molar refractivity (Wildman–Crippen MR) is 94.0 cm³/mol. The van der Waals surface area contributed by atoms with Crippen molar-refractivity contribution in [3.63, 3.8) is 0 Å². The van der Waals surface area contributed by atoms with Crippen molar-refractivity contribution in [3.8, 4) is 5.75 Å². The van der Waals surface area contributed by atoms with Crippen molar-refractivity contribution in [2.24, 2.45) is 0 Å². The number of anilines is 1. The van der Waals surface area contributed by atoms with Crippen LogP contribution in [0.15, 0.2) is 42.6 Å². The Balaban J connectivity index is 1.59. The molecule has 128 valence electrons. The molecular formula is C19H24FN3O. The summed E-state index contributed by atoms with van der Waals surface area (Å²) in [6, 6.07) is 11.1. The first-order valence-electron chi connectivity index (χ1n) is 8.43. The SMILES string of the molecule is COc1ccc(F)cc1C(C)NC1CCN(c2ccccn2)CC1. The van der Waals surface area contributed by atoms with Gasteiger partial charge >= 0.3 is 0 Å². The molecule has 0 saturated carbocycles. The molecule has 1 atom stereocenters. The van der Waals surface area contributed by atoms with E-state index in [1.807, 2.05) is 24.4 Å². The standard InChI is InChI=1S/C19H24FN3O/c1-14(17-13-15(20)6-7-18(17)24-2)22-16-8-11-23(12-9-16)19-5-3-4-10-21-19/h3-7,10,13-14,16,22H,8-9,11-12H2,1-2H3. The highest BCUT2D eigenvalue weighted by Crippen LogP contribution is 2.27. The minimum absolute atomic E-state index is 0.0436. The van der Waals surface area contributed by atoms with Crippen LogP contribution in [0.2, 0.25) is 0 Å². The molecule has 5 heteroatoms. The van der Waals surface area contributed by atoms with E-state index in [4.69, 9.17) is 4.74 Å². The lowest BCUT2D eigenvalue weighted by Gasteiger charge is -2.34. The molecule has 2 aromatic rings. The first-order valence-corrected chi connectivity index (χ1v) is 8.43. The van der Waals surface area contributed by atoms with E-state index >= 15 is 0 Å². The van der Waals surface area contributed by atoms with Crippen molar-refractivity contribution in [3.05, 3.63) is 54.0 Å². The molecule has 0 amide bonds. The smallest absolute Gasteiger partial charge is 0.128 e. The van der Waals surface area contributed by atoms with Gasteiger partial charge in [-0.15, -0.1) is 0 Å². The van der Waals surface area contributed by atoms with E-state index in [1.54, 1.807) is 19.2 Å². The van der Waals surface area contributed by atoms with Gasteiger partial charge in [-0.05, 0) is 50.1 Å². The minimum atomic E-state index is -0.232. The van der Waals surface area contributed by atoms with Gasteiger partial charge in [0.2, 0.25) is 0 Å². The summed E-state index contributed by atoms with van der Waals surface area (Å²) in [5, 5.41) is 3.62. The zero-order chi connectivity index (χ0) is 16.9. The molecule has 1 N–H and O–H groups in total. The highest BCUT2D eigenvalue weighted by atomic mass is 19.1. The molecule has 1 unspecified atom stereocenters. The Morgan fingerprint density at radius 3 is 2.71 bits per heavy atom. The molecule has 1 saturated heterocycles. The lowest BCUT2D eigenvalue weighted by Crippen LogP contribution is -2.43. The Bertz CT molecular complexity index is 657. The highest BCUT2D eigenvalue weighted by molar-refractivity contribution is 5.38. The Kier molecular flexibility index (Phi) is 5.30. The number of hydrogen-bond acceptors (Lipinski definition) is 4. The quantitative estimate of drug-likeness (QED) is 0.910. The zero-order valence-electron chi connectivity index (χ0n) is 14.2. The number of rotatable bonds is 5. The maximum atomic E-state index is 13.6. The van der Waals surface area contributed by atoms with Crippen LogP contribution < -0.4 is 15.0 Å². The van der Waals surface area contributed by atoms with E-state index in [0.717, 1.165) is 43.1 Å². The summed E-state index contributed by atoms with van der Waals surface area (Å²) in [6.45, 7) is 4.01. The number of nitrogens with zero attached hydrogens (tertiary/aromatic N) is 2. The summed E-state index contributed by atoms with van der Waals surface area (Å²) >= 11 is 0. The lowest BCUT2D eigenvalue weighted by atomic mass is 10.0. The number of benzene rings is 1. The van der Waals surface area contributed by atoms with Gasteiger partial charge in [-0.3, -0.25) is 0 Å². The normalized spacial score (nSPS) is 16.9. The van der Waals surface area contributed by atoms with Crippen LogP contribution in [-0.4, -0.2) is 31.2 Å². The fourth-order valence-corrected chi connectivity index (χ4v) is 3.30. The van der Waals surface area contributed by atoms with Crippen LogP contribution in [0.25, 0.3) is 0 Å². The van der Waals surface area contributed by atoms with Gasteiger partial charge in [-0.2, -0.15) is 0 Å². The van der Waals surface area contributed by atoms with E-state index in [1.165, 1.54) is 6.07 Å². The third-order valence-corrected chi connectivity index (χ3v) is 4.61. The van der Waals surface area contributed by atoms with Crippen LogP contribution in [0, 0.1) is 5.82 Å². The van der Waals surface area contributed by atoms with Crippen molar-refractivity contribution >= 4 is 5.82 Å². The summed E-state index contributed by atoms with van der Waals surface area (Å²) in [7, 11) is 1.62. The van der Waals surface area contributed by atoms with Crippen LogP contribution in [-0.2, 0) is 0 Å². The number of pyridine rings is 1. The van der Waals surface area contributed by atoms with E-state index in [0.29, 0.717) is 6.04 Å². The molecule has 0 radical (unpaired) electrons. The van der Waals surface area contributed by atoms with Crippen LogP contribution in [0.1, 0.15) is 31.4 Å². The average molecular weight is 329 g/mol. The van der Waals surface area contributed by atoms with E-state index in [9.17, 15) is 4.39 Å². The fourth-order valence-electron chi connectivity index (χ4n) is 3.30. The number of aromatic nitrogens is 1. The minimum Gasteiger partial charge on any atom is -0.496 e.